The molecule has 0 radical (unpaired) electrons. The van der Waals surface area contributed by atoms with Crippen molar-refractivity contribution in [1.82, 2.24) is 15.5 Å². The third-order valence-electron chi connectivity index (χ3n) is 5.51. The van der Waals surface area contributed by atoms with Crippen molar-refractivity contribution >= 4 is 5.96 Å². The first-order valence-corrected chi connectivity index (χ1v) is 10.6. The third-order valence-corrected chi connectivity index (χ3v) is 5.51. The van der Waals surface area contributed by atoms with Crippen molar-refractivity contribution in [3.8, 4) is 6.07 Å². The Balaban J connectivity index is 1.59. The Kier molecular flexibility index (Phi) is 7.81. The summed E-state index contributed by atoms with van der Waals surface area (Å²) in [4.78, 5) is 7.07. The van der Waals surface area contributed by atoms with E-state index in [2.05, 4.69) is 51.7 Å². The number of rotatable bonds is 6. The lowest BCUT2D eigenvalue weighted by Gasteiger charge is -2.38. The molecule has 2 aromatic rings. The smallest absolute Gasteiger partial charge is 0.191 e. The van der Waals surface area contributed by atoms with E-state index >= 15 is 0 Å². The molecule has 3 rings (SSSR count). The van der Waals surface area contributed by atoms with Gasteiger partial charge < -0.3 is 10.6 Å². The Bertz CT molecular complexity index is 890. The van der Waals surface area contributed by atoms with Crippen LogP contribution in [0.3, 0.4) is 0 Å². The average Bonchev–Trinajstić information content (AvgIpc) is 2.76. The van der Waals surface area contributed by atoms with Gasteiger partial charge in [0.05, 0.1) is 18.2 Å². The van der Waals surface area contributed by atoms with Crippen LogP contribution in [0.2, 0.25) is 0 Å². The SMILES string of the molecule is CCNC(=NCc1cc(C#N)ccc1F)NC1CCN(Cc2ccccc2)C(C)C1. The molecule has 1 aliphatic rings. The van der Waals surface area contributed by atoms with Gasteiger partial charge >= 0.3 is 0 Å². The fourth-order valence-corrected chi connectivity index (χ4v) is 3.85. The largest absolute Gasteiger partial charge is 0.357 e. The summed E-state index contributed by atoms with van der Waals surface area (Å²) in [5.74, 6) is 0.351. The number of halogens is 1. The minimum atomic E-state index is -0.337. The van der Waals surface area contributed by atoms with Crippen LogP contribution in [-0.4, -0.2) is 36.0 Å². The van der Waals surface area contributed by atoms with Gasteiger partial charge in [0.25, 0.3) is 0 Å². The van der Waals surface area contributed by atoms with Gasteiger partial charge in [0.15, 0.2) is 5.96 Å². The van der Waals surface area contributed by atoms with Crippen molar-refractivity contribution in [3.05, 3.63) is 71.0 Å². The van der Waals surface area contributed by atoms with Crippen molar-refractivity contribution in [2.75, 3.05) is 13.1 Å². The van der Waals surface area contributed by atoms with E-state index in [1.165, 1.54) is 17.7 Å². The second-order valence-corrected chi connectivity index (χ2v) is 7.78. The highest BCUT2D eigenvalue weighted by molar-refractivity contribution is 5.80. The zero-order valence-electron chi connectivity index (χ0n) is 17.7. The molecule has 2 atom stereocenters. The molecule has 30 heavy (non-hydrogen) atoms. The van der Waals surface area contributed by atoms with Crippen LogP contribution in [0.25, 0.3) is 0 Å². The topological polar surface area (TPSA) is 63.5 Å². The summed E-state index contributed by atoms with van der Waals surface area (Å²) in [5.41, 5.74) is 2.21. The van der Waals surface area contributed by atoms with E-state index in [1.807, 2.05) is 19.1 Å². The van der Waals surface area contributed by atoms with E-state index in [0.29, 0.717) is 29.2 Å². The average molecular weight is 408 g/mol. The fourth-order valence-electron chi connectivity index (χ4n) is 3.85. The zero-order chi connectivity index (χ0) is 21.3. The predicted molar refractivity (Wildman–Crippen MR) is 118 cm³/mol. The van der Waals surface area contributed by atoms with Crippen molar-refractivity contribution in [3.63, 3.8) is 0 Å². The maximum atomic E-state index is 14.0. The number of nitrogens with zero attached hydrogens (tertiary/aromatic N) is 3. The molecule has 158 valence electrons. The molecule has 0 aromatic heterocycles. The highest BCUT2D eigenvalue weighted by Gasteiger charge is 2.26. The Morgan fingerprint density at radius 3 is 2.77 bits per heavy atom. The van der Waals surface area contributed by atoms with Gasteiger partial charge in [-0.15, -0.1) is 0 Å². The van der Waals surface area contributed by atoms with Gasteiger partial charge in [0.2, 0.25) is 0 Å². The van der Waals surface area contributed by atoms with Gasteiger partial charge in [-0.3, -0.25) is 4.90 Å². The number of nitriles is 1. The van der Waals surface area contributed by atoms with E-state index < -0.39 is 0 Å². The fraction of sp³-hybridized carbons (Fsp3) is 0.417. The van der Waals surface area contributed by atoms with Crippen molar-refractivity contribution < 1.29 is 4.39 Å². The highest BCUT2D eigenvalue weighted by atomic mass is 19.1. The minimum absolute atomic E-state index is 0.194. The number of piperidine rings is 1. The second-order valence-electron chi connectivity index (χ2n) is 7.78. The molecule has 1 saturated heterocycles. The summed E-state index contributed by atoms with van der Waals surface area (Å²) < 4.78 is 14.0. The van der Waals surface area contributed by atoms with Gasteiger partial charge in [-0.25, -0.2) is 9.38 Å². The number of benzene rings is 2. The molecule has 1 heterocycles. The molecule has 0 aliphatic carbocycles. The number of hydrogen-bond donors (Lipinski definition) is 2. The van der Waals surface area contributed by atoms with Crippen molar-refractivity contribution in [2.45, 2.75) is 51.9 Å². The molecule has 0 amide bonds. The molecule has 2 N–H and O–H groups in total. The minimum Gasteiger partial charge on any atom is -0.357 e. The van der Waals surface area contributed by atoms with E-state index in [4.69, 9.17) is 5.26 Å². The van der Waals surface area contributed by atoms with E-state index in [9.17, 15) is 4.39 Å². The normalized spacial score (nSPS) is 19.9. The van der Waals surface area contributed by atoms with Crippen molar-refractivity contribution in [2.24, 2.45) is 4.99 Å². The maximum absolute atomic E-state index is 14.0. The predicted octanol–water partition coefficient (Wildman–Crippen LogP) is 3.81. The van der Waals surface area contributed by atoms with Crippen LogP contribution in [-0.2, 0) is 13.1 Å². The molecule has 0 bridgehead atoms. The Hall–Kier alpha value is -2.91. The number of likely N-dealkylation sites (tertiary alicyclic amines) is 1. The monoisotopic (exact) mass is 407 g/mol. The van der Waals surface area contributed by atoms with Crippen LogP contribution in [0.15, 0.2) is 53.5 Å². The van der Waals surface area contributed by atoms with E-state index in [0.717, 1.165) is 32.5 Å². The third kappa shape index (κ3) is 6.04. The van der Waals surface area contributed by atoms with Gasteiger partial charge in [0.1, 0.15) is 5.82 Å². The first-order chi connectivity index (χ1) is 14.6. The van der Waals surface area contributed by atoms with Crippen LogP contribution in [0, 0.1) is 17.1 Å². The van der Waals surface area contributed by atoms with Crippen LogP contribution in [0.1, 0.15) is 43.4 Å². The van der Waals surface area contributed by atoms with Crippen LogP contribution >= 0.6 is 0 Å². The Morgan fingerprint density at radius 1 is 1.27 bits per heavy atom. The second kappa shape index (κ2) is 10.7. The zero-order valence-corrected chi connectivity index (χ0v) is 17.7. The molecule has 6 heteroatoms. The molecule has 2 unspecified atom stereocenters. The highest BCUT2D eigenvalue weighted by Crippen LogP contribution is 2.20. The molecular formula is C24H30FN5. The summed E-state index contributed by atoms with van der Waals surface area (Å²) in [6.07, 6.45) is 2.05. The van der Waals surface area contributed by atoms with Crippen LogP contribution in [0.4, 0.5) is 4.39 Å². The Labute approximate surface area is 178 Å². The summed E-state index contributed by atoms with van der Waals surface area (Å²) in [6, 6.07) is 17.8. The summed E-state index contributed by atoms with van der Waals surface area (Å²) >= 11 is 0. The number of nitrogens with one attached hydrogen (secondary N) is 2. The van der Waals surface area contributed by atoms with Gasteiger partial charge in [-0.2, -0.15) is 5.26 Å². The van der Waals surface area contributed by atoms with E-state index in [-0.39, 0.29) is 12.4 Å². The number of guanidine groups is 1. The maximum Gasteiger partial charge on any atom is 0.191 e. The first-order valence-electron chi connectivity index (χ1n) is 10.6. The van der Waals surface area contributed by atoms with Crippen molar-refractivity contribution in [1.29, 1.82) is 5.26 Å². The molecule has 0 spiro atoms. The summed E-state index contributed by atoms with van der Waals surface area (Å²) in [7, 11) is 0. The lowest BCUT2D eigenvalue weighted by atomic mass is 9.97. The molecule has 1 aliphatic heterocycles. The number of aliphatic imine (C=N–C) groups is 1. The Morgan fingerprint density at radius 2 is 2.07 bits per heavy atom. The van der Waals surface area contributed by atoms with Gasteiger partial charge in [-0.1, -0.05) is 30.3 Å². The summed E-state index contributed by atoms with van der Waals surface area (Å²) in [6.45, 7) is 7.19. The van der Waals surface area contributed by atoms with Gasteiger partial charge in [0, 0.05) is 37.3 Å². The lowest BCUT2D eigenvalue weighted by molar-refractivity contribution is 0.134. The molecule has 0 saturated carbocycles. The van der Waals surface area contributed by atoms with Crippen LogP contribution < -0.4 is 10.6 Å². The summed E-state index contributed by atoms with van der Waals surface area (Å²) in [5, 5.41) is 15.8. The molecule has 2 aromatic carbocycles. The molecule has 1 fully saturated rings. The lowest BCUT2D eigenvalue weighted by Crippen LogP contribution is -2.51. The molecule has 5 nitrogen and oxygen atoms in total. The standard InChI is InChI=1S/C24H30FN5/c1-3-27-24(28-16-21-14-20(15-26)9-10-23(21)25)29-22-11-12-30(18(2)13-22)17-19-7-5-4-6-8-19/h4-10,14,18,22H,3,11-13,16-17H2,1-2H3,(H2,27,28,29). The van der Waals surface area contributed by atoms with Crippen LogP contribution in [0.5, 0.6) is 0 Å². The quantitative estimate of drug-likeness (QED) is 0.565. The first kappa shape index (κ1) is 21.8. The van der Waals surface area contributed by atoms with E-state index in [1.54, 1.807) is 6.07 Å². The van der Waals surface area contributed by atoms with Gasteiger partial charge in [-0.05, 0) is 50.5 Å². The number of hydrogen-bond acceptors (Lipinski definition) is 3. The molecular weight excluding hydrogens is 377 g/mol.